The van der Waals surface area contributed by atoms with E-state index in [0.717, 1.165) is 38.5 Å². The van der Waals surface area contributed by atoms with Gasteiger partial charge in [0.15, 0.2) is 0 Å². The Morgan fingerprint density at radius 2 is 1.58 bits per heavy atom. The number of nitrogens with zero attached hydrogens (tertiary/aromatic N) is 2. The van der Waals surface area contributed by atoms with Gasteiger partial charge in [-0.05, 0) is 37.1 Å². The molecule has 2 aromatic carbocycles. The maximum atomic E-state index is 10.3. The number of aliphatic hydroxyl groups excluding tert-OH is 1. The van der Waals surface area contributed by atoms with E-state index >= 15 is 0 Å². The molecule has 1 saturated heterocycles. The van der Waals surface area contributed by atoms with Crippen LogP contribution in [0.25, 0.3) is 0 Å². The van der Waals surface area contributed by atoms with E-state index in [-0.39, 0.29) is 0 Å². The van der Waals surface area contributed by atoms with Gasteiger partial charge in [0.1, 0.15) is 18.5 Å². The van der Waals surface area contributed by atoms with Crippen molar-refractivity contribution in [2.45, 2.75) is 26.5 Å². The first-order valence-electron chi connectivity index (χ1n) is 9.47. The molecule has 1 atom stereocenters. The van der Waals surface area contributed by atoms with E-state index in [0.29, 0.717) is 13.2 Å². The average molecular weight is 354 g/mol. The van der Waals surface area contributed by atoms with Crippen LogP contribution in [0.2, 0.25) is 0 Å². The highest BCUT2D eigenvalue weighted by Crippen LogP contribution is 2.14. The molecule has 0 aliphatic carbocycles. The van der Waals surface area contributed by atoms with E-state index < -0.39 is 6.10 Å². The summed E-state index contributed by atoms with van der Waals surface area (Å²) in [4.78, 5) is 4.82. The molecule has 0 aromatic heterocycles. The van der Waals surface area contributed by atoms with Crippen LogP contribution in [0.4, 0.5) is 0 Å². The van der Waals surface area contributed by atoms with Gasteiger partial charge >= 0.3 is 0 Å². The quantitative estimate of drug-likeness (QED) is 0.829. The first-order chi connectivity index (χ1) is 12.6. The lowest BCUT2D eigenvalue weighted by atomic mass is 10.1. The third kappa shape index (κ3) is 5.56. The summed E-state index contributed by atoms with van der Waals surface area (Å²) in [5, 5.41) is 10.3. The average Bonchev–Trinajstić information content (AvgIpc) is 2.65. The molecule has 1 N–H and O–H groups in total. The fourth-order valence-corrected chi connectivity index (χ4v) is 3.34. The van der Waals surface area contributed by atoms with Crippen molar-refractivity contribution in [2.24, 2.45) is 0 Å². The number of aliphatic hydroxyl groups is 1. The van der Waals surface area contributed by atoms with Gasteiger partial charge in [0.25, 0.3) is 0 Å². The highest BCUT2D eigenvalue weighted by Gasteiger charge is 2.20. The van der Waals surface area contributed by atoms with Gasteiger partial charge < -0.3 is 9.84 Å². The lowest BCUT2D eigenvalue weighted by Gasteiger charge is -2.35. The highest BCUT2D eigenvalue weighted by atomic mass is 16.5. The minimum Gasteiger partial charge on any atom is -0.491 e. The number of hydrogen-bond acceptors (Lipinski definition) is 4. The Kier molecular flexibility index (Phi) is 6.67. The van der Waals surface area contributed by atoms with Crippen LogP contribution in [0.1, 0.15) is 16.7 Å². The topological polar surface area (TPSA) is 35.9 Å². The van der Waals surface area contributed by atoms with Crippen LogP contribution >= 0.6 is 0 Å². The second-order valence-corrected chi connectivity index (χ2v) is 7.28. The van der Waals surface area contributed by atoms with Crippen molar-refractivity contribution in [3.05, 3.63) is 65.2 Å². The van der Waals surface area contributed by atoms with Gasteiger partial charge in [0.05, 0.1) is 0 Å². The predicted octanol–water partition coefficient (Wildman–Crippen LogP) is 2.86. The Morgan fingerprint density at radius 1 is 0.923 bits per heavy atom. The van der Waals surface area contributed by atoms with Crippen molar-refractivity contribution in [3.8, 4) is 5.75 Å². The predicted molar refractivity (Wildman–Crippen MR) is 106 cm³/mol. The number of benzene rings is 2. The number of ether oxygens (including phenoxy) is 1. The van der Waals surface area contributed by atoms with Crippen molar-refractivity contribution in [2.75, 3.05) is 39.3 Å². The molecule has 2 aromatic rings. The Morgan fingerprint density at radius 3 is 2.27 bits per heavy atom. The maximum Gasteiger partial charge on any atom is 0.119 e. The molecular formula is C22H30N2O2. The molecule has 0 radical (unpaired) electrons. The van der Waals surface area contributed by atoms with Gasteiger partial charge in [-0.25, -0.2) is 0 Å². The van der Waals surface area contributed by atoms with E-state index in [1.165, 1.54) is 16.7 Å². The molecule has 140 valence electrons. The second kappa shape index (κ2) is 9.17. The highest BCUT2D eigenvalue weighted by molar-refractivity contribution is 5.26. The maximum absolute atomic E-state index is 10.3. The third-order valence-electron chi connectivity index (χ3n) is 5.05. The van der Waals surface area contributed by atoms with Crippen molar-refractivity contribution >= 4 is 0 Å². The van der Waals surface area contributed by atoms with Crippen molar-refractivity contribution < 1.29 is 9.84 Å². The molecule has 1 unspecified atom stereocenters. The lowest BCUT2D eigenvalue weighted by molar-refractivity contribution is 0.0446. The zero-order valence-electron chi connectivity index (χ0n) is 15.9. The van der Waals surface area contributed by atoms with Gasteiger partial charge in [-0.2, -0.15) is 0 Å². The smallest absolute Gasteiger partial charge is 0.119 e. The van der Waals surface area contributed by atoms with Crippen LogP contribution in [-0.2, 0) is 6.54 Å². The summed E-state index contributed by atoms with van der Waals surface area (Å²) >= 11 is 0. The molecule has 1 heterocycles. The Labute approximate surface area is 157 Å². The monoisotopic (exact) mass is 354 g/mol. The standard InChI is InChI=1S/C22H30N2O2/c1-18-7-9-22(10-8-18)26-17-21(25)16-24-13-11-23(12-14-24)15-20-6-4-3-5-19(20)2/h3-10,21,25H,11-17H2,1-2H3. The number of aryl methyl sites for hydroxylation is 2. The van der Waals surface area contributed by atoms with Crippen molar-refractivity contribution in [1.82, 2.24) is 9.80 Å². The molecule has 4 nitrogen and oxygen atoms in total. The molecule has 0 amide bonds. The van der Waals surface area contributed by atoms with E-state index in [4.69, 9.17) is 4.74 Å². The molecule has 26 heavy (non-hydrogen) atoms. The summed E-state index contributed by atoms with van der Waals surface area (Å²) in [5.74, 6) is 0.817. The van der Waals surface area contributed by atoms with Crippen molar-refractivity contribution in [3.63, 3.8) is 0 Å². The summed E-state index contributed by atoms with van der Waals surface area (Å²) in [6.45, 7) is 10.3. The fourth-order valence-electron chi connectivity index (χ4n) is 3.34. The van der Waals surface area contributed by atoms with Crippen LogP contribution in [0.15, 0.2) is 48.5 Å². The minimum absolute atomic E-state index is 0.340. The summed E-state index contributed by atoms with van der Waals surface area (Å²) in [6, 6.07) is 16.5. The Balaban J connectivity index is 1.38. The summed E-state index contributed by atoms with van der Waals surface area (Å²) < 4.78 is 5.69. The molecular weight excluding hydrogens is 324 g/mol. The van der Waals surface area contributed by atoms with Gasteiger partial charge in [-0.1, -0.05) is 42.0 Å². The molecule has 0 spiro atoms. The normalized spacial score (nSPS) is 17.2. The zero-order chi connectivity index (χ0) is 18.4. The SMILES string of the molecule is Cc1ccc(OCC(O)CN2CCN(Cc3ccccc3C)CC2)cc1. The van der Waals surface area contributed by atoms with Crippen LogP contribution in [0, 0.1) is 13.8 Å². The number of rotatable bonds is 7. The first-order valence-corrected chi connectivity index (χ1v) is 9.47. The Hall–Kier alpha value is -1.88. The molecule has 0 saturated carbocycles. The van der Waals surface area contributed by atoms with Gasteiger partial charge in [-0.3, -0.25) is 9.80 Å². The molecule has 1 fully saturated rings. The van der Waals surface area contributed by atoms with Crippen LogP contribution < -0.4 is 4.74 Å². The number of β-amino-alcohol motifs (C(OH)–C–C–N with tert-alkyl or cyclic N) is 1. The summed E-state index contributed by atoms with van der Waals surface area (Å²) in [5.41, 5.74) is 3.98. The van der Waals surface area contributed by atoms with Gasteiger partial charge in [0.2, 0.25) is 0 Å². The third-order valence-corrected chi connectivity index (χ3v) is 5.05. The first kappa shape index (κ1) is 18.9. The van der Waals surface area contributed by atoms with E-state index in [1.807, 2.05) is 24.3 Å². The molecule has 4 heteroatoms. The number of piperazine rings is 1. The molecule has 3 rings (SSSR count). The zero-order valence-corrected chi connectivity index (χ0v) is 15.9. The second-order valence-electron chi connectivity index (χ2n) is 7.28. The summed E-state index contributed by atoms with van der Waals surface area (Å²) in [7, 11) is 0. The van der Waals surface area contributed by atoms with Crippen LogP contribution in [0.3, 0.4) is 0 Å². The lowest BCUT2D eigenvalue weighted by Crippen LogP contribution is -2.48. The van der Waals surface area contributed by atoms with E-state index in [9.17, 15) is 5.11 Å². The van der Waals surface area contributed by atoms with Crippen molar-refractivity contribution in [1.29, 1.82) is 0 Å². The van der Waals surface area contributed by atoms with Crippen LogP contribution in [-0.4, -0.2) is 60.3 Å². The molecule has 1 aliphatic rings. The largest absolute Gasteiger partial charge is 0.491 e. The molecule has 0 bridgehead atoms. The van der Waals surface area contributed by atoms with Gasteiger partial charge in [-0.15, -0.1) is 0 Å². The number of hydrogen-bond donors (Lipinski definition) is 1. The van der Waals surface area contributed by atoms with E-state index in [2.05, 4.69) is 47.9 Å². The summed E-state index contributed by atoms with van der Waals surface area (Å²) in [6.07, 6.45) is -0.459. The van der Waals surface area contributed by atoms with E-state index in [1.54, 1.807) is 0 Å². The van der Waals surface area contributed by atoms with Gasteiger partial charge in [0, 0.05) is 39.3 Å². The molecule has 1 aliphatic heterocycles. The minimum atomic E-state index is -0.459. The van der Waals surface area contributed by atoms with Crippen LogP contribution in [0.5, 0.6) is 5.75 Å². The Bertz CT molecular complexity index is 679. The fraction of sp³-hybridized carbons (Fsp3) is 0.455.